The van der Waals surface area contributed by atoms with E-state index in [1.54, 1.807) is 6.92 Å². The normalized spacial score (nSPS) is 22.6. The molecule has 0 radical (unpaired) electrons. The molecule has 0 bridgehead atoms. The first kappa shape index (κ1) is 15.7. The number of nitrogens with two attached hydrogens (primary N) is 1. The lowest BCUT2D eigenvalue weighted by atomic mass is 10.2. The molecule has 1 aromatic carbocycles. The number of hydrogen-bond donors (Lipinski definition) is 1. The number of nitro groups is 1. The Morgan fingerprint density at radius 3 is 2.67 bits per heavy atom. The SMILES string of the molecule is CC1OCCC1N(C)S(=O)(=O)c1cc(N)ccc1[N+](=O)[O-]. The average Bonchev–Trinajstić information content (AvgIpc) is 2.83. The molecule has 1 aliphatic heterocycles. The molecule has 0 aliphatic carbocycles. The van der Waals surface area contributed by atoms with Crippen LogP contribution in [-0.2, 0) is 14.8 Å². The third-order valence-corrected chi connectivity index (χ3v) is 5.55. The molecule has 0 spiro atoms. The first-order chi connectivity index (χ1) is 9.75. The number of ether oxygens (including phenoxy) is 1. The largest absolute Gasteiger partial charge is 0.399 e. The molecule has 1 saturated heterocycles. The summed E-state index contributed by atoms with van der Waals surface area (Å²) in [5, 5.41) is 11.0. The summed E-state index contributed by atoms with van der Waals surface area (Å²) in [6.07, 6.45) is 0.289. The molecule has 2 unspecified atom stereocenters. The number of benzene rings is 1. The summed E-state index contributed by atoms with van der Waals surface area (Å²) in [7, 11) is -2.62. The number of likely N-dealkylation sites (N-methyl/N-ethyl adjacent to an activating group) is 1. The minimum atomic E-state index is -4.02. The third-order valence-electron chi connectivity index (χ3n) is 3.64. The summed E-state index contributed by atoms with van der Waals surface area (Å²) < 4.78 is 31.8. The van der Waals surface area contributed by atoms with Crippen LogP contribution in [0, 0.1) is 10.1 Å². The lowest BCUT2D eigenvalue weighted by Crippen LogP contribution is -2.41. The van der Waals surface area contributed by atoms with Gasteiger partial charge in [0.05, 0.1) is 17.1 Å². The smallest absolute Gasteiger partial charge is 0.289 e. The van der Waals surface area contributed by atoms with Gasteiger partial charge in [0.2, 0.25) is 10.0 Å². The van der Waals surface area contributed by atoms with E-state index < -0.39 is 25.5 Å². The summed E-state index contributed by atoms with van der Waals surface area (Å²) in [6, 6.07) is 3.17. The number of hydrogen-bond acceptors (Lipinski definition) is 6. The first-order valence-electron chi connectivity index (χ1n) is 6.38. The van der Waals surface area contributed by atoms with Crippen LogP contribution in [0.15, 0.2) is 23.1 Å². The van der Waals surface area contributed by atoms with Crippen molar-refractivity contribution in [2.45, 2.75) is 30.4 Å². The predicted octanol–water partition coefficient (Wildman–Crippen LogP) is 0.975. The molecule has 2 rings (SSSR count). The van der Waals surface area contributed by atoms with Gasteiger partial charge >= 0.3 is 0 Å². The fourth-order valence-corrected chi connectivity index (χ4v) is 4.05. The summed E-state index contributed by atoms with van der Waals surface area (Å²) >= 11 is 0. The van der Waals surface area contributed by atoms with E-state index in [2.05, 4.69) is 0 Å². The average molecular weight is 315 g/mol. The molecule has 2 N–H and O–H groups in total. The second kappa shape index (κ2) is 5.58. The highest BCUT2D eigenvalue weighted by atomic mass is 32.2. The molecule has 8 nitrogen and oxygen atoms in total. The molecule has 2 atom stereocenters. The van der Waals surface area contributed by atoms with Crippen LogP contribution in [0.3, 0.4) is 0 Å². The lowest BCUT2D eigenvalue weighted by Gasteiger charge is -2.25. The van der Waals surface area contributed by atoms with E-state index in [0.29, 0.717) is 13.0 Å². The van der Waals surface area contributed by atoms with E-state index in [1.807, 2.05) is 0 Å². The molecule has 21 heavy (non-hydrogen) atoms. The molecule has 0 amide bonds. The van der Waals surface area contributed by atoms with Crippen molar-refractivity contribution in [2.75, 3.05) is 19.4 Å². The zero-order valence-electron chi connectivity index (χ0n) is 11.7. The van der Waals surface area contributed by atoms with Gasteiger partial charge in [-0.2, -0.15) is 4.31 Å². The molecule has 1 aliphatic rings. The van der Waals surface area contributed by atoms with Crippen LogP contribution in [0.2, 0.25) is 0 Å². The zero-order chi connectivity index (χ0) is 15.8. The van der Waals surface area contributed by atoms with E-state index >= 15 is 0 Å². The molecule has 1 fully saturated rings. The zero-order valence-corrected chi connectivity index (χ0v) is 12.5. The Labute approximate surface area is 122 Å². The van der Waals surface area contributed by atoms with Crippen LogP contribution in [0.4, 0.5) is 11.4 Å². The minimum absolute atomic E-state index is 0.156. The third kappa shape index (κ3) is 2.85. The van der Waals surface area contributed by atoms with Gasteiger partial charge in [0.15, 0.2) is 4.90 Å². The van der Waals surface area contributed by atoms with Gasteiger partial charge in [0.25, 0.3) is 5.69 Å². The van der Waals surface area contributed by atoms with E-state index in [0.717, 1.165) is 16.4 Å². The van der Waals surface area contributed by atoms with Gasteiger partial charge in [-0.15, -0.1) is 0 Å². The van der Waals surface area contributed by atoms with E-state index in [9.17, 15) is 18.5 Å². The van der Waals surface area contributed by atoms with Crippen LogP contribution in [-0.4, -0.2) is 43.4 Å². The lowest BCUT2D eigenvalue weighted by molar-refractivity contribution is -0.387. The predicted molar refractivity (Wildman–Crippen MR) is 76.3 cm³/mol. The van der Waals surface area contributed by atoms with Crippen molar-refractivity contribution < 1.29 is 18.1 Å². The molecule has 9 heteroatoms. The Morgan fingerprint density at radius 1 is 1.48 bits per heavy atom. The highest BCUT2D eigenvalue weighted by molar-refractivity contribution is 7.89. The Bertz CT molecular complexity index is 661. The Kier molecular flexibility index (Phi) is 4.17. The topological polar surface area (TPSA) is 116 Å². The molecular formula is C12H17N3O5S. The molecule has 116 valence electrons. The van der Waals surface area contributed by atoms with Gasteiger partial charge in [-0.05, 0) is 25.5 Å². The number of nitrogen functional groups attached to an aromatic ring is 1. The minimum Gasteiger partial charge on any atom is -0.399 e. The molecule has 1 aromatic rings. The maximum atomic E-state index is 12.7. The number of nitrogens with zero attached hydrogens (tertiary/aromatic N) is 2. The van der Waals surface area contributed by atoms with Crippen molar-refractivity contribution in [1.29, 1.82) is 0 Å². The van der Waals surface area contributed by atoms with Gasteiger partial charge in [-0.1, -0.05) is 0 Å². The highest BCUT2D eigenvalue weighted by Crippen LogP contribution is 2.31. The fourth-order valence-electron chi connectivity index (χ4n) is 2.42. The van der Waals surface area contributed by atoms with Crippen LogP contribution in [0.1, 0.15) is 13.3 Å². The first-order valence-corrected chi connectivity index (χ1v) is 7.82. The van der Waals surface area contributed by atoms with Crippen molar-refractivity contribution in [3.8, 4) is 0 Å². The summed E-state index contributed by atoms with van der Waals surface area (Å²) in [6.45, 7) is 2.24. The van der Waals surface area contributed by atoms with Gasteiger partial charge < -0.3 is 10.5 Å². The van der Waals surface area contributed by atoms with Crippen molar-refractivity contribution in [1.82, 2.24) is 4.31 Å². The Hall–Kier alpha value is -1.71. The van der Waals surface area contributed by atoms with E-state index in [4.69, 9.17) is 10.5 Å². The van der Waals surface area contributed by atoms with Crippen molar-refractivity contribution in [3.63, 3.8) is 0 Å². The van der Waals surface area contributed by atoms with E-state index in [-0.39, 0.29) is 17.8 Å². The Morgan fingerprint density at radius 2 is 2.14 bits per heavy atom. The summed E-state index contributed by atoms with van der Waals surface area (Å²) in [5.41, 5.74) is 5.25. The molecular weight excluding hydrogens is 298 g/mol. The van der Waals surface area contributed by atoms with Crippen LogP contribution >= 0.6 is 0 Å². The standard InChI is InChI=1S/C12H17N3O5S/c1-8-10(5-6-20-8)14(2)21(18,19)12-7-9(13)3-4-11(12)15(16)17/h3-4,7-8,10H,5-6,13H2,1-2H3. The van der Waals surface area contributed by atoms with Crippen LogP contribution in [0.25, 0.3) is 0 Å². The van der Waals surface area contributed by atoms with Crippen molar-refractivity contribution in [2.24, 2.45) is 0 Å². The number of rotatable bonds is 4. The summed E-state index contributed by atoms with van der Waals surface area (Å²) in [5.74, 6) is 0. The molecule has 0 saturated carbocycles. The quantitative estimate of drug-likeness (QED) is 0.503. The van der Waals surface area contributed by atoms with Crippen LogP contribution in [0.5, 0.6) is 0 Å². The van der Waals surface area contributed by atoms with Gasteiger partial charge in [-0.3, -0.25) is 10.1 Å². The van der Waals surface area contributed by atoms with Crippen LogP contribution < -0.4 is 5.73 Å². The van der Waals surface area contributed by atoms with Crippen molar-refractivity contribution in [3.05, 3.63) is 28.3 Å². The van der Waals surface area contributed by atoms with E-state index in [1.165, 1.54) is 13.1 Å². The summed E-state index contributed by atoms with van der Waals surface area (Å²) in [4.78, 5) is 9.92. The number of anilines is 1. The fraction of sp³-hybridized carbons (Fsp3) is 0.500. The van der Waals surface area contributed by atoms with Gasteiger partial charge in [-0.25, -0.2) is 8.42 Å². The molecule has 1 heterocycles. The maximum absolute atomic E-state index is 12.7. The van der Waals surface area contributed by atoms with Crippen molar-refractivity contribution >= 4 is 21.4 Å². The second-order valence-electron chi connectivity index (χ2n) is 4.94. The number of sulfonamides is 1. The number of nitro benzene ring substituents is 1. The molecule has 0 aromatic heterocycles. The maximum Gasteiger partial charge on any atom is 0.289 e. The van der Waals surface area contributed by atoms with Gasteiger partial charge in [0, 0.05) is 25.4 Å². The highest BCUT2D eigenvalue weighted by Gasteiger charge is 2.38. The Balaban J connectivity index is 2.48. The second-order valence-corrected chi connectivity index (χ2v) is 6.90. The monoisotopic (exact) mass is 315 g/mol. The van der Waals surface area contributed by atoms with Gasteiger partial charge in [0.1, 0.15) is 0 Å².